The standard InChI is InChI=1S/C20H21N7O3S/c1-12(15-4-2-3-9-21-15)23-16-8-5-13(10-17(16)27(29)30)19(28)22-11-18-24-25-20(31)26(18)14-6-7-14/h2-5,8-10,12,14,23H,6-7,11H2,1H3,(H,22,28)(H,25,31). The van der Waals surface area contributed by atoms with Gasteiger partial charge in [-0.3, -0.25) is 29.6 Å². The SMILES string of the molecule is CC(Nc1ccc(C(=O)NCc2n[nH]c(=S)n2C2CC2)cc1[N+](=O)[O-])c1ccccn1. The molecule has 2 heterocycles. The molecule has 1 aliphatic rings. The lowest BCUT2D eigenvalue weighted by atomic mass is 10.1. The first-order valence-corrected chi connectivity index (χ1v) is 10.2. The number of nitro groups is 1. The molecule has 1 saturated carbocycles. The monoisotopic (exact) mass is 439 g/mol. The number of nitrogens with one attached hydrogen (secondary N) is 3. The van der Waals surface area contributed by atoms with E-state index >= 15 is 0 Å². The van der Waals surface area contributed by atoms with Crippen LogP contribution in [0, 0.1) is 14.9 Å². The van der Waals surface area contributed by atoms with Crippen molar-refractivity contribution >= 4 is 29.5 Å². The molecule has 1 amide bonds. The van der Waals surface area contributed by atoms with Gasteiger partial charge in [0.05, 0.1) is 23.2 Å². The minimum Gasteiger partial charge on any atom is -0.371 e. The average molecular weight is 440 g/mol. The topological polar surface area (TPSA) is 131 Å². The first-order chi connectivity index (χ1) is 14.9. The summed E-state index contributed by atoms with van der Waals surface area (Å²) in [6.45, 7) is 2.03. The fourth-order valence-electron chi connectivity index (χ4n) is 3.32. The Bertz CT molecular complexity index is 1170. The van der Waals surface area contributed by atoms with E-state index in [0.29, 0.717) is 22.3 Å². The lowest BCUT2D eigenvalue weighted by Crippen LogP contribution is -2.25. The van der Waals surface area contributed by atoms with Crippen molar-refractivity contribution < 1.29 is 9.72 Å². The van der Waals surface area contributed by atoms with Crippen LogP contribution in [-0.4, -0.2) is 30.6 Å². The van der Waals surface area contributed by atoms with Gasteiger partial charge < -0.3 is 10.6 Å². The number of carbonyl (C=O) groups excluding carboxylic acids is 1. The van der Waals surface area contributed by atoms with Crippen molar-refractivity contribution in [3.8, 4) is 0 Å². The number of carbonyl (C=O) groups is 1. The first-order valence-electron chi connectivity index (χ1n) is 9.84. The van der Waals surface area contributed by atoms with Gasteiger partial charge in [-0.2, -0.15) is 5.10 Å². The molecule has 160 valence electrons. The predicted molar refractivity (Wildman–Crippen MR) is 116 cm³/mol. The first kappa shape index (κ1) is 20.7. The van der Waals surface area contributed by atoms with Crippen LogP contribution in [0.15, 0.2) is 42.6 Å². The van der Waals surface area contributed by atoms with Crippen LogP contribution in [0.3, 0.4) is 0 Å². The second kappa shape index (κ2) is 8.64. The number of anilines is 1. The molecule has 10 nitrogen and oxygen atoms in total. The maximum absolute atomic E-state index is 12.6. The van der Waals surface area contributed by atoms with Crippen LogP contribution >= 0.6 is 12.2 Å². The quantitative estimate of drug-likeness (QED) is 0.277. The average Bonchev–Trinajstić information content (AvgIpc) is 3.54. The van der Waals surface area contributed by atoms with Gasteiger partial charge in [-0.15, -0.1) is 0 Å². The van der Waals surface area contributed by atoms with Gasteiger partial charge in [0.15, 0.2) is 10.6 Å². The zero-order valence-corrected chi connectivity index (χ0v) is 17.6. The largest absolute Gasteiger partial charge is 0.371 e. The second-order valence-electron chi connectivity index (χ2n) is 7.34. The number of aromatic nitrogens is 4. The highest BCUT2D eigenvalue weighted by atomic mass is 32.1. The molecule has 3 N–H and O–H groups in total. The smallest absolute Gasteiger partial charge is 0.293 e. The van der Waals surface area contributed by atoms with E-state index < -0.39 is 10.8 Å². The highest BCUT2D eigenvalue weighted by molar-refractivity contribution is 7.71. The number of nitro benzene ring substituents is 1. The van der Waals surface area contributed by atoms with Crippen LogP contribution in [0.4, 0.5) is 11.4 Å². The molecule has 0 saturated heterocycles. The number of pyridine rings is 1. The van der Waals surface area contributed by atoms with Crippen molar-refractivity contribution in [2.24, 2.45) is 0 Å². The molecule has 1 unspecified atom stereocenters. The Kier molecular flexibility index (Phi) is 5.76. The number of rotatable bonds is 8. The Morgan fingerprint density at radius 3 is 2.87 bits per heavy atom. The normalized spacial score (nSPS) is 14.1. The number of nitrogens with zero attached hydrogens (tertiary/aromatic N) is 4. The molecule has 31 heavy (non-hydrogen) atoms. The molecule has 4 rings (SSSR count). The molecule has 11 heteroatoms. The Morgan fingerprint density at radius 1 is 1.39 bits per heavy atom. The maximum atomic E-state index is 12.6. The van der Waals surface area contributed by atoms with Crippen LogP contribution < -0.4 is 10.6 Å². The highest BCUT2D eigenvalue weighted by Gasteiger charge is 2.27. The summed E-state index contributed by atoms with van der Waals surface area (Å²) >= 11 is 5.24. The molecule has 1 aromatic carbocycles. The van der Waals surface area contributed by atoms with E-state index in [2.05, 4.69) is 25.8 Å². The summed E-state index contributed by atoms with van der Waals surface area (Å²) in [4.78, 5) is 28.0. The van der Waals surface area contributed by atoms with Crippen LogP contribution in [-0.2, 0) is 6.54 Å². The van der Waals surface area contributed by atoms with E-state index in [1.165, 1.54) is 12.1 Å². The summed E-state index contributed by atoms with van der Waals surface area (Å²) in [5.41, 5.74) is 1.07. The van der Waals surface area contributed by atoms with Crippen molar-refractivity contribution in [2.75, 3.05) is 5.32 Å². The van der Waals surface area contributed by atoms with Gasteiger partial charge in [-0.1, -0.05) is 6.07 Å². The van der Waals surface area contributed by atoms with Gasteiger partial charge in [0, 0.05) is 23.9 Å². The third kappa shape index (κ3) is 4.61. The molecule has 0 spiro atoms. The van der Waals surface area contributed by atoms with E-state index in [-0.39, 0.29) is 23.8 Å². The van der Waals surface area contributed by atoms with Gasteiger partial charge in [-0.05, 0) is 56.2 Å². The van der Waals surface area contributed by atoms with E-state index in [1.54, 1.807) is 18.3 Å². The summed E-state index contributed by atoms with van der Waals surface area (Å²) < 4.78 is 2.43. The molecule has 0 bridgehead atoms. The fourth-order valence-corrected chi connectivity index (χ4v) is 3.62. The molecule has 0 radical (unpaired) electrons. The number of aromatic amines is 1. The molecular weight excluding hydrogens is 418 g/mol. The predicted octanol–water partition coefficient (Wildman–Crippen LogP) is 3.68. The lowest BCUT2D eigenvalue weighted by molar-refractivity contribution is -0.384. The molecular formula is C20H21N7O3S. The number of H-pyrrole nitrogens is 1. The van der Waals surface area contributed by atoms with Gasteiger partial charge in [0.25, 0.3) is 11.6 Å². The lowest BCUT2D eigenvalue weighted by Gasteiger charge is -2.15. The van der Waals surface area contributed by atoms with E-state index in [9.17, 15) is 14.9 Å². The van der Waals surface area contributed by atoms with Crippen molar-refractivity contribution in [3.05, 3.63) is 74.6 Å². The van der Waals surface area contributed by atoms with Crippen molar-refractivity contribution in [1.82, 2.24) is 25.1 Å². The number of benzene rings is 1. The Labute approximate surface area is 182 Å². The van der Waals surface area contributed by atoms with Gasteiger partial charge >= 0.3 is 0 Å². The van der Waals surface area contributed by atoms with E-state index in [4.69, 9.17) is 12.2 Å². The third-order valence-electron chi connectivity index (χ3n) is 5.06. The molecule has 0 aliphatic heterocycles. The maximum Gasteiger partial charge on any atom is 0.293 e. The summed E-state index contributed by atoms with van der Waals surface area (Å²) in [5.74, 6) is 0.210. The summed E-state index contributed by atoms with van der Waals surface area (Å²) in [5, 5.41) is 24.4. The van der Waals surface area contributed by atoms with Crippen molar-refractivity contribution in [1.29, 1.82) is 0 Å². The van der Waals surface area contributed by atoms with Crippen LogP contribution in [0.25, 0.3) is 0 Å². The number of hydrogen-bond acceptors (Lipinski definition) is 7. The van der Waals surface area contributed by atoms with Gasteiger partial charge in [0.2, 0.25) is 0 Å². The van der Waals surface area contributed by atoms with E-state index in [0.717, 1.165) is 18.5 Å². The van der Waals surface area contributed by atoms with Gasteiger partial charge in [-0.25, -0.2) is 0 Å². The molecule has 1 aliphatic carbocycles. The molecule has 1 fully saturated rings. The summed E-state index contributed by atoms with van der Waals surface area (Å²) in [6.07, 6.45) is 3.73. The Balaban J connectivity index is 1.48. The molecule has 2 aromatic heterocycles. The van der Waals surface area contributed by atoms with E-state index in [1.807, 2.05) is 23.6 Å². The summed E-state index contributed by atoms with van der Waals surface area (Å²) in [6, 6.07) is 9.92. The van der Waals surface area contributed by atoms with Crippen LogP contribution in [0.2, 0.25) is 0 Å². The molecule has 3 aromatic rings. The van der Waals surface area contributed by atoms with Gasteiger partial charge in [0.1, 0.15) is 5.69 Å². The van der Waals surface area contributed by atoms with Crippen LogP contribution in [0.5, 0.6) is 0 Å². The zero-order valence-electron chi connectivity index (χ0n) is 16.7. The Hall–Kier alpha value is -3.60. The second-order valence-corrected chi connectivity index (χ2v) is 7.73. The van der Waals surface area contributed by atoms with Crippen molar-refractivity contribution in [2.45, 2.75) is 38.4 Å². The highest BCUT2D eigenvalue weighted by Crippen LogP contribution is 2.35. The Morgan fingerprint density at radius 2 is 2.19 bits per heavy atom. The number of hydrogen-bond donors (Lipinski definition) is 3. The number of amides is 1. The summed E-state index contributed by atoms with van der Waals surface area (Å²) in [7, 11) is 0. The minimum atomic E-state index is -0.511. The van der Waals surface area contributed by atoms with Crippen molar-refractivity contribution in [3.63, 3.8) is 0 Å². The van der Waals surface area contributed by atoms with Crippen LogP contribution in [0.1, 0.15) is 53.7 Å². The fraction of sp³-hybridized carbons (Fsp3) is 0.300. The zero-order chi connectivity index (χ0) is 22.0. The third-order valence-corrected chi connectivity index (χ3v) is 5.34. The minimum absolute atomic E-state index is 0.174. The molecule has 1 atom stereocenters.